The van der Waals surface area contributed by atoms with Crippen molar-refractivity contribution < 1.29 is 9.78 Å². The molecule has 0 fully saturated rings. The third kappa shape index (κ3) is 2.21. The maximum atomic E-state index is 5.35. The number of hydrogen-bond donors (Lipinski definition) is 1. The number of nitrogens with one attached hydrogen (secondary N) is 1. The second-order valence-corrected chi connectivity index (χ2v) is 4.03. The van der Waals surface area contributed by atoms with E-state index in [0.717, 1.165) is 16.5 Å². The third-order valence-corrected chi connectivity index (χ3v) is 2.77. The van der Waals surface area contributed by atoms with E-state index in [0.29, 0.717) is 12.4 Å². The zero-order chi connectivity index (χ0) is 12.2. The number of para-hydroxylation sites is 1. The Bertz CT molecular complexity index is 631. The van der Waals surface area contributed by atoms with Crippen LogP contribution in [0.15, 0.2) is 60.8 Å². The molecule has 0 unspecified atom stereocenters. The Morgan fingerprint density at radius 1 is 0.889 bits per heavy atom. The van der Waals surface area contributed by atoms with Crippen molar-refractivity contribution in [1.82, 2.24) is 4.98 Å². The van der Waals surface area contributed by atoms with Crippen molar-refractivity contribution in [2.24, 2.45) is 0 Å². The second-order valence-electron chi connectivity index (χ2n) is 4.03. The van der Waals surface area contributed by atoms with E-state index in [2.05, 4.69) is 4.98 Å². The zero-order valence-corrected chi connectivity index (χ0v) is 9.80. The molecule has 90 valence electrons. The fraction of sp³-hybridized carbons (Fsp3) is 0.0667. The molecule has 0 bridgehead atoms. The summed E-state index contributed by atoms with van der Waals surface area (Å²) >= 11 is 0. The molecule has 0 saturated carbocycles. The predicted molar refractivity (Wildman–Crippen MR) is 70.2 cm³/mol. The van der Waals surface area contributed by atoms with Crippen LogP contribution in [0, 0.1) is 0 Å². The molecular weight excluding hydrogens is 226 g/mol. The summed E-state index contributed by atoms with van der Waals surface area (Å²) in [5, 5.41) is 1.11. The van der Waals surface area contributed by atoms with Crippen molar-refractivity contribution in [2.45, 2.75) is 6.61 Å². The predicted octanol–water partition coefficient (Wildman–Crippen LogP) is 3.68. The Kier molecular flexibility index (Phi) is 2.98. The minimum atomic E-state index is 0.429. The molecule has 0 atom stereocenters. The molecule has 0 amide bonds. The van der Waals surface area contributed by atoms with E-state index in [-0.39, 0.29) is 0 Å². The van der Waals surface area contributed by atoms with Crippen LogP contribution in [0.25, 0.3) is 10.9 Å². The maximum absolute atomic E-state index is 5.35. The second kappa shape index (κ2) is 4.94. The molecule has 3 heteroatoms. The first-order valence-corrected chi connectivity index (χ1v) is 5.83. The minimum Gasteiger partial charge on any atom is -0.358 e. The Morgan fingerprint density at radius 2 is 1.78 bits per heavy atom. The Labute approximate surface area is 105 Å². The summed E-state index contributed by atoms with van der Waals surface area (Å²) in [6, 6.07) is 17.8. The normalized spacial score (nSPS) is 10.7. The van der Waals surface area contributed by atoms with E-state index in [4.69, 9.17) is 9.78 Å². The first kappa shape index (κ1) is 10.9. The van der Waals surface area contributed by atoms with E-state index >= 15 is 0 Å². The SMILES string of the molecule is c1ccc(COOc2cccc3cc[nH]c23)cc1. The lowest BCUT2D eigenvalue weighted by molar-refractivity contribution is -0.216. The van der Waals surface area contributed by atoms with Gasteiger partial charge in [-0.2, -0.15) is 4.89 Å². The fourth-order valence-electron chi connectivity index (χ4n) is 1.86. The van der Waals surface area contributed by atoms with Gasteiger partial charge in [-0.25, -0.2) is 0 Å². The van der Waals surface area contributed by atoms with Crippen LogP contribution in [0.1, 0.15) is 5.56 Å². The van der Waals surface area contributed by atoms with E-state index < -0.39 is 0 Å². The van der Waals surface area contributed by atoms with Gasteiger partial charge in [0, 0.05) is 11.6 Å². The Morgan fingerprint density at radius 3 is 2.67 bits per heavy atom. The van der Waals surface area contributed by atoms with Gasteiger partial charge in [-0.3, -0.25) is 0 Å². The lowest BCUT2D eigenvalue weighted by Gasteiger charge is -2.06. The van der Waals surface area contributed by atoms with E-state index in [1.807, 2.05) is 60.8 Å². The van der Waals surface area contributed by atoms with E-state index in [1.165, 1.54) is 0 Å². The quantitative estimate of drug-likeness (QED) is 0.556. The topological polar surface area (TPSA) is 34.2 Å². The van der Waals surface area contributed by atoms with Crippen LogP contribution in [0.5, 0.6) is 5.75 Å². The van der Waals surface area contributed by atoms with Crippen molar-refractivity contribution in [3.63, 3.8) is 0 Å². The molecule has 1 heterocycles. The molecule has 0 saturated heterocycles. The number of hydrogen-bond acceptors (Lipinski definition) is 2. The molecule has 1 N–H and O–H groups in total. The lowest BCUT2D eigenvalue weighted by Crippen LogP contribution is -1.98. The largest absolute Gasteiger partial charge is 0.358 e. The van der Waals surface area contributed by atoms with Gasteiger partial charge >= 0.3 is 0 Å². The van der Waals surface area contributed by atoms with Gasteiger partial charge in [0.2, 0.25) is 0 Å². The summed E-state index contributed by atoms with van der Waals surface area (Å²) in [5.41, 5.74) is 2.03. The highest BCUT2D eigenvalue weighted by Gasteiger charge is 2.03. The van der Waals surface area contributed by atoms with Gasteiger partial charge in [0.05, 0.1) is 5.52 Å². The van der Waals surface area contributed by atoms with Gasteiger partial charge in [-0.15, -0.1) is 0 Å². The number of fused-ring (bicyclic) bond motifs is 1. The molecule has 1 aromatic heterocycles. The van der Waals surface area contributed by atoms with Gasteiger partial charge < -0.3 is 9.87 Å². The van der Waals surface area contributed by atoms with Crippen LogP contribution in [-0.4, -0.2) is 4.98 Å². The fourth-order valence-corrected chi connectivity index (χ4v) is 1.86. The standard InChI is InChI=1S/C15H13NO2/c1-2-5-12(6-3-1)11-17-18-14-8-4-7-13-9-10-16-15(13)14/h1-10,16H,11H2. The molecular formula is C15H13NO2. The van der Waals surface area contributed by atoms with Crippen LogP contribution >= 0.6 is 0 Å². The van der Waals surface area contributed by atoms with E-state index in [9.17, 15) is 0 Å². The molecule has 0 spiro atoms. The summed E-state index contributed by atoms with van der Waals surface area (Å²) in [5.74, 6) is 0.702. The van der Waals surface area contributed by atoms with Crippen molar-refractivity contribution >= 4 is 10.9 Å². The first-order valence-electron chi connectivity index (χ1n) is 5.83. The van der Waals surface area contributed by atoms with Crippen LogP contribution in [0.2, 0.25) is 0 Å². The summed E-state index contributed by atoms with van der Waals surface area (Å²) in [6.45, 7) is 0.429. The number of aromatic nitrogens is 1. The maximum Gasteiger partial charge on any atom is 0.189 e. The van der Waals surface area contributed by atoms with Gasteiger partial charge in [-0.1, -0.05) is 42.5 Å². The van der Waals surface area contributed by atoms with Gasteiger partial charge in [0.1, 0.15) is 6.61 Å². The van der Waals surface area contributed by atoms with Gasteiger partial charge in [0.15, 0.2) is 5.75 Å². The van der Waals surface area contributed by atoms with Crippen molar-refractivity contribution in [1.29, 1.82) is 0 Å². The van der Waals surface area contributed by atoms with Crippen LogP contribution < -0.4 is 4.89 Å². The van der Waals surface area contributed by atoms with E-state index in [1.54, 1.807) is 0 Å². The van der Waals surface area contributed by atoms with Crippen molar-refractivity contribution in [2.75, 3.05) is 0 Å². The number of H-pyrrole nitrogens is 1. The monoisotopic (exact) mass is 239 g/mol. The van der Waals surface area contributed by atoms with Crippen LogP contribution in [0.3, 0.4) is 0 Å². The molecule has 0 radical (unpaired) electrons. The Hall–Kier alpha value is -2.26. The van der Waals surface area contributed by atoms with Crippen molar-refractivity contribution in [3.05, 3.63) is 66.4 Å². The Balaban J connectivity index is 1.68. The first-order chi connectivity index (χ1) is 8.93. The summed E-state index contributed by atoms with van der Waals surface area (Å²) in [7, 11) is 0. The highest BCUT2D eigenvalue weighted by Crippen LogP contribution is 2.24. The lowest BCUT2D eigenvalue weighted by atomic mass is 10.2. The molecule has 3 aromatic rings. The molecule has 0 aliphatic heterocycles. The van der Waals surface area contributed by atoms with Crippen LogP contribution in [0.4, 0.5) is 0 Å². The molecule has 2 aromatic carbocycles. The molecule has 0 aliphatic rings. The molecule has 3 rings (SSSR count). The summed E-state index contributed by atoms with van der Waals surface area (Å²) < 4.78 is 0. The summed E-state index contributed by atoms with van der Waals surface area (Å²) in [4.78, 5) is 13.7. The average Bonchev–Trinajstić information content (AvgIpc) is 2.89. The number of benzene rings is 2. The molecule has 18 heavy (non-hydrogen) atoms. The van der Waals surface area contributed by atoms with Crippen LogP contribution in [-0.2, 0) is 11.5 Å². The molecule has 0 aliphatic carbocycles. The van der Waals surface area contributed by atoms with Gasteiger partial charge in [0.25, 0.3) is 0 Å². The van der Waals surface area contributed by atoms with Crippen molar-refractivity contribution in [3.8, 4) is 5.75 Å². The smallest absolute Gasteiger partial charge is 0.189 e. The molecule has 3 nitrogen and oxygen atoms in total. The highest BCUT2D eigenvalue weighted by atomic mass is 17.2. The van der Waals surface area contributed by atoms with Gasteiger partial charge in [-0.05, 0) is 17.7 Å². The zero-order valence-electron chi connectivity index (χ0n) is 9.80. The average molecular weight is 239 g/mol. The number of rotatable bonds is 4. The third-order valence-electron chi connectivity index (χ3n) is 2.77. The highest BCUT2D eigenvalue weighted by molar-refractivity contribution is 5.84. The number of aromatic amines is 1. The summed E-state index contributed by atoms with van der Waals surface area (Å²) in [6.07, 6.45) is 1.88. The minimum absolute atomic E-state index is 0.429.